The van der Waals surface area contributed by atoms with E-state index in [0.29, 0.717) is 11.3 Å². The number of allylic oxidation sites excluding steroid dienone is 1. The number of sulfone groups is 1. The van der Waals surface area contributed by atoms with Crippen LogP contribution in [0.25, 0.3) is 5.57 Å². The van der Waals surface area contributed by atoms with Gasteiger partial charge in [-0.1, -0.05) is 66.7 Å². The van der Waals surface area contributed by atoms with Crippen molar-refractivity contribution in [3.63, 3.8) is 0 Å². The van der Waals surface area contributed by atoms with E-state index in [1.807, 2.05) is 60.7 Å². The zero-order chi connectivity index (χ0) is 25.7. The predicted molar refractivity (Wildman–Crippen MR) is 135 cm³/mol. The van der Waals surface area contributed by atoms with Crippen LogP contribution in [0.5, 0.6) is 0 Å². The highest BCUT2D eigenvalue weighted by Crippen LogP contribution is 2.50. The molecule has 2 fully saturated rings. The van der Waals surface area contributed by atoms with Crippen LogP contribution in [0, 0.1) is 0 Å². The molecule has 0 aliphatic carbocycles. The average molecular weight is 503 g/mol. The molecule has 0 saturated carbocycles. The first-order valence-electron chi connectivity index (χ1n) is 11.6. The van der Waals surface area contributed by atoms with Gasteiger partial charge in [0.25, 0.3) is 5.91 Å². The minimum absolute atomic E-state index is 0.153. The van der Waals surface area contributed by atoms with Crippen molar-refractivity contribution in [2.75, 3.05) is 0 Å². The van der Waals surface area contributed by atoms with Crippen molar-refractivity contribution in [3.05, 3.63) is 107 Å². The molecule has 8 heteroatoms. The van der Waals surface area contributed by atoms with Crippen LogP contribution < -0.4 is 0 Å². The maximum absolute atomic E-state index is 13.7. The second-order valence-electron chi connectivity index (χ2n) is 9.51. The van der Waals surface area contributed by atoms with Crippen LogP contribution >= 0.6 is 0 Å². The molecule has 7 nitrogen and oxygen atoms in total. The SMILES string of the molecule is C/C(=C1\C(=O)N2[C@@H](C(=O)OC(c3ccccc3)c3ccccc3)C(C)(C)S(=O)(=O)[C@@H]12)c1ccccn1. The summed E-state index contributed by atoms with van der Waals surface area (Å²) in [6.45, 7) is 4.64. The Morgan fingerprint density at radius 2 is 1.50 bits per heavy atom. The van der Waals surface area contributed by atoms with Crippen molar-refractivity contribution in [3.8, 4) is 0 Å². The van der Waals surface area contributed by atoms with Crippen LogP contribution in [0.2, 0.25) is 0 Å². The first-order valence-corrected chi connectivity index (χ1v) is 13.2. The summed E-state index contributed by atoms with van der Waals surface area (Å²) in [4.78, 5) is 32.4. The Kier molecular flexibility index (Phi) is 5.79. The summed E-state index contributed by atoms with van der Waals surface area (Å²) in [6, 6.07) is 22.4. The smallest absolute Gasteiger partial charge is 0.331 e. The van der Waals surface area contributed by atoms with Gasteiger partial charge in [-0.25, -0.2) is 13.2 Å². The van der Waals surface area contributed by atoms with Crippen LogP contribution in [0.4, 0.5) is 0 Å². The fraction of sp³-hybridized carbons (Fsp3) is 0.250. The van der Waals surface area contributed by atoms with E-state index < -0.39 is 44.0 Å². The lowest BCUT2D eigenvalue weighted by molar-refractivity contribution is -0.160. The third kappa shape index (κ3) is 3.55. The van der Waals surface area contributed by atoms with E-state index in [2.05, 4.69) is 4.98 Å². The predicted octanol–water partition coefficient (Wildman–Crippen LogP) is 3.93. The number of esters is 1. The molecule has 36 heavy (non-hydrogen) atoms. The van der Waals surface area contributed by atoms with Gasteiger partial charge in [0.15, 0.2) is 27.4 Å². The van der Waals surface area contributed by atoms with Crippen molar-refractivity contribution in [1.29, 1.82) is 0 Å². The van der Waals surface area contributed by atoms with Crippen molar-refractivity contribution in [1.82, 2.24) is 9.88 Å². The van der Waals surface area contributed by atoms with E-state index in [1.165, 1.54) is 13.8 Å². The van der Waals surface area contributed by atoms with Crippen LogP contribution in [0.3, 0.4) is 0 Å². The van der Waals surface area contributed by atoms with Crippen molar-refractivity contribution in [2.45, 2.75) is 43.0 Å². The molecular weight excluding hydrogens is 476 g/mol. The summed E-state index contributed by atoms with van der Waals surface area (Å²) in [5, 5.41) is -1.22. The Morgan fingerprint density at radius 3 is 2.03 bits per heavy atom. The van der Waals surface area contributed by atoms with E-state index in [-0.39, 0.29) is 5.57 Å². The molecule has 2 aromatic carbocycles. The molecule has 2 atom stereocenters. The molecule has 0 spiro atoms. The van der Waals surface area contributed by atoms with E-state index in [9.17, 15) is 18.0 Å². The lowest BCUT2D eigenvalue weighted by Gasteiger charge is -2.39. The first-order chi connectivity index (χ1) is 17.2. The van der Waals surface area contributed by atoms with E-state index in [4.69, 9.17) is 4.74 Å². The number of nitrogens with zero attached hydrogens (tertiary/aromatic N) is 2. The molecular formula is C28H26N2O5S. The number of carbonyl (C=O) groups excluding carboxylic acids is 2. The van der Waals surface area contributed by atoms with E-state index >= 15 is 0 Å². The molecule has 0 radical (unpaired) electrons. The molecule has 184 valence electrons. The molecule has 1 amide bonds. The number of benzene rings is 2. The molecule has 3 aromatic rings. The van der Waals surface area contributed by atoms with Gasteiger partial charge in [0.2, 0.25) is 0 Å². The minimum Gasteiger partial charge on any atom is -0.451 e. The number of carbonyl (C=O) groups is 2. The van der Waals surface area contributed by atoms with Crippen molar-refractivity contribution < 1.29 is 22.7 Å². The molecule has 5 rings (SSSR count). The van der Waals surface area contributed by atoms with Gasteiger partial charge in [-0.2, -0.15) is 0 Å². The third-order valence-electron chi connectivity index (χ3n) is 7.04. The van der Waals surface area contributed by atoms with Gasteiger partial charge in [-0.05, 0) is 49.6 Å². The molecule has 0 bridgehead atoms. The second kappa shape index (κ2) is 8.71. The van der Waals surface area contributed by atoms with Crippen LogP contribution in [-0.2, 0) is 24.2 Å². The lowest BCUT2D eigenvalue weighted by Crippen LogP contribution is -2.59. The number of fused-ring (bicyclic) bond motifs is 1. The highest BCUT2D eigenvalue weighted by molar-refractivity contribution is 7.94. The molecule has 0 N–H and O–H groups in total. The summed E-state index contributed by atoms with van der Waals surface area (Å²) in [5.41, 5.74) is 2.65. The van der Waals surface area contributed by atoms with E-state index in [1.54, 1.807) is 31.3 Å². The minimum atomic E-state index is -3.94. The standard InChI is InChI=1S/C28H26N2O5S/c1-18(21-16-10-11-17-29-21)22-25(31)30-24(28(2,3)36(33,34)26(22)30)27(32)35-23(19-12-6-4-7-13-19)20-14-8-5-9-15-20/h4-17,23-24,26H,1-3H3/b22-18-/t24-,26-/m0/s1. The highest BCUT2D eigenvalue weighted by Gasteiger charge is 2.71. The molecule has 1 aromatic heterocycles. The Labute approximate surface area is 210 Å². The number of pyridine rings is 1. The molecule has 2 aliphatic rings. The number of aromatic nitrogens is 1. The summed E-state index contributed by atoms with van der Waals surface area (Å²) < 4.78 is 31.7. The van der Waals surface area contributed by atoms with Gasteiger partial charge in [-0.15, -0.1) is 0 Å². The topological polar surface area (TPSA) is 93.6 Å². The van der Waals surface area contributed by atoms with Gasteiger partial charge >= 0.3 is 5.97 Å². The largest absolute Gasteiger partial charge is 0.451 e. The third-order valence-corrected chi connectivity index (χ3v) is 9.78. The highest BCUT2D eigenvalue weighted by atomic mass is 32.2. The number of β-lactam (4-membered cyclic amide) rings is 1. The first kappa shape index (κ1) is 23.9. The van der Waals surface area contributed by atoms with Gasteiger partial charge < -0.3 is 9.64 Å². The number of rotatable bonds is 5. The summed E-state index contributed by atoms with van der Waals surface area (Å²) >= 11 is 0. The van der Waals surface area contributed by atoms with Gasteiger partial charge in [0, 0.05) is 6.20 Å². The number of amides is 1. The van der Waals surface area contributed by atoms with Gasteiger partial charge in [0.1, 0.15) is 4.75 Å². The maximum Gasteiger partial charge on any atom is 0.331 e. The number of ether oxygens (including phenoxy) is 1. The molecule has 3 heterocycles. The number of hydrogen-bond acceptors (Lipinski definition) is 6. The van der Waals surface area contributed by atoms with Gasteiger partial charge in [0.05, 0.1) is 11.3 Å². The zero-order valence-corrected chi connectivity index (χ0v) is 21.0. The second-order valence-corrected chi connectivity index (χ2v) is 12.1. The average Bonchev–Trinajstić information content (AvgIpc) is 3.03. The van der Waals surface area contributed by atoms with Crippen LogP contribution in [0.1, 0.15) is 43.7 Å². The number of hydrogen-bond donors (Lipinski definition) is 0. The van der Waals surface area contributed by atoms with Gasteiger partial charge in [-0.3, -0.25) is 9.78 Å². The Morgan fingerprint density at radius 1 is 0.944 bits per heavy atom. The maximum atomic E-state index is 13.7. The fourth-order valence-corrected chi connectivity index (χ4v) is 7.19. The van der Waals surface area contributed by atoms with Crippen LogP contribution in [0.15, 0.2) is 90.6 Å². The Hall–Kier alpha value is -3.78. The fourth-order valence-electron chi connectivity index (χ4n) is 4.99. The zero-order valence-electron chi connectivity index (χ0n) is 20.2. The lowest BCUT2D eigenvalue weighted by atomic mass is 9.92. The normalized spacial score (nSPS) is 23.1. The van der Waals surface area contributed by atoms with Crippen LogP contribution in [-0.4, -0.2) is 46.3 Å². The van der Waals surface area contributed by atoms with Crippen molar-refractivity contribution >= 4 is 27.3 Å². The van der Waals surface area contributed by atoms with Crippen molar-refractivity contribution in [2.24, 2.45) is 0 Å². The molecule has 2 aliphatic heterocycles. The summed E-state index contributed by atoms with van der Waals surface area (Å²) in [7, 11) is -3.94. The molecule has 2 saturated heterocycles. The summed E-state index contributed by atoms with van der Waals surface area (Å²) in [6.07, 6.45) is 0.833. The summed E-state index contributed by atoms with van der Waals surface area (Å²) in [5.74, 6) is -1.25. The Bertz CT molecular complexity index is 1410. The monoisotopic (exact) mass is 502 g/mol. The quantitative estimate of drug-likeness (QED) is 0.298. The van der Waals surface area contributed by atoms with E-state index in [0.717, 1.165) is 16.0 Å². The Balaban J connectivity index is 1.53. The molecule has 0 unspecified atom stereocenters.